The third kappa shape index (κ3) is 4.67. The molecule has 1 aromatic heterocycles. The van der Waals surface area contributed by atoms with E-state index in [1.165, 1.54) is 17.6 Å². The first-order valence-corrected chi connectivity index (χ1v) is 9.64. The van der Waals surface area contributed by atoms with Crippen molar-refractivity contribution in [3.63, 3.8) is 0 Å². The van der Waals surface area contributed by atoms with Crippen LogP contribution in [0.25, 0.3) is 6.08 Å². The summed E-state index contributed by atoms with van der Waals surface area (Å²) in [6, 6.07) is 10.2. The number of hydrogen-bond donors (Lipinski definition) is 0. The van der Waals surface area contributed by atoms with Gasteiger partial charge in [0.15, 0.2) is 0 Å². The van der Waals surface area contributed by atoms with Crippen LogP contribution in [0.5, 0.6) is 11.5 Å². The van der Waals surface area contributed by atoms with E-state index in [1.807, 2.05) is 30.6 Å². The van der Waals surface area contributed by atoms with Crippen molar-refractivity contribution in [1.29, 1.82) is 0 Å². The highest BCUT2D eigenvalue weighted by Crippen LogP contribution is 2.30. The quantitative estimate of drug-likeness (QED) is 0.814. The Morgan fingerprint density at radius 1 is 1.00 bits per heavy atom. The van der Waals surface area contributed by atoms with Gasteiger partial charge in [-0.25, -0.2) is 0 Å². The second kappa shape index (κ2) is 8.55. The standard InChI is InChI=1S/C22H27N3O2/c1-26-21-3-4-22-20(14-21)13-19(17-27-22)16-25-10-2-9-24(11-12-25)15-18-5-7-23-8-6-18/h3-8,13-14H,2,9-12,15-17H2,1H3. The van der Waals surface area contributed by atoms with Gasteiger partial charge in [0.2, 0.25) is 0 Å². The number of methoxy groups -OCH3 is 1. The smallest absolute Gasteiger partial charge is 0.127 e. The Labute approximate surface area is 161 Å². The molecule has 1 fully saturated rings. The number of aromatic nitrogens is 1. The van der Waals surface area contributed by atoms with E-state index >= 15 is 0 Å². The zero-order chi connectivity index (χ0) is 18.5. The minimum absolute atomic E-state index is 0.677. The number of nitrogens with zero attached hydrogens (tertiary/aromatic N) is 3. The highest BCUT2D eigenvalue weighted by atomic mass is 16.5. The van der Waals surface area contributed by atoms with Crippen LogP contribution in [0.1, 0.15) is 17.5 Å². The third-order valence-corrected chi connectivity index (χ3v) is 5.25. The number of ether oxygens (including phenoxy) is 2. The van der Waals surface area contributed by atoms with Gasteiger partial charge in [-0.3, -0.25) is 14.8 Å². The molecule has 0 atom stereocenters. The summed E-state index contributed by atoms with van der Waals surface area (Å²) in [5, 5.41) is 0. The summed E-state index contributed by atoms with van der Waals surface area (Å²) < 4.78 is 11.3. The van der Waals surface area contributed by atoms with Crippen molar-refractivity contribution >= 4 is 6.08 Å². The fraction of sp³-hybridized carbons (Fsp3) is 0.409. The van der Waals surface area contributed by atoms with Crippen molar-refractivity contribution < 1.29 is 9.47 Å². The zero-order valence-electron chi connectivity index (χ0n) is 15.9. The van der Waals surface area contributed by atoms with E-state index < -0.39 is 0 Å². The van der Waals surface area contributed by atoms with Crippen molar-refractivity contribution in [2.45, 2.75) is 13.0 Å². The van der Waals surface area contributed by atoms with Crippen molar-refractivity contribution in [1.82, 2.24) is 14.8 Å². The molecule has 5 heteroatoms. The Morgan fingerprint density at radius 3 is 2.56 bits per heavy atom. The fourth-order valence-electron chi connectivity index (χ4n) is 3.80. The molecule has 2 aliphatic heterocycles. The molecule has 0 amide bonds. The molecular formula is C22H27N3O2. The maximum atomic E-state index is 5.94. The summed E-state index contributed by atoms with van der Waals surface area (Å²) in [5.74, 6) is 1.82. The molecule has 2 aliphatic rings. The lowest BCUT2D eigenvalue weighted by Crippen LogP contribution is -2.33. The summed E-state index contributed by atoms with van der Waals surface area (Å²) in [4.78, 5) is 9.20. The van der Waals surface area contributed by atoms with Crippen molar-refractivity contribution in [2.24, 2.45) is 0 Å². The van der Waals surface area contributed by atoms with Gasteiger partial charge < -0.3 is 9.47 Å². The van der Waals surface area contributed by atoms with Crippen LogP contribution in [0.15, 0.2) is 48.3 Å². The fourth-order valence-corrected chi connectivity index (χ4v) is 3.80. The molecule has 2 aromatic rings. The molecule has 0 radical (unpaired) electrons. The van der Waals surface area contributed by atoms with E-state index in [4.69, 9.17) is 9.47 Å². The van der Waals surface area contributed by atoms with Crippen molar-refractivity contribution in [3.8, 4) is 11.5 Å². The second-order valence-electron chi connectivity index (χ2n) is 7.26. The zero-order valence-corrected chi connectivity index (χ0v) is 15.9. The van der Waals surface area contributed by atoms with Crippen LogP contribution in [0.3, 0.4) is 0 Å². The molecule has 142 valence electrons. The van der Waals surface area contributed by atoms with Gasteiger partial charge in [-0.2, -0.15) is 0 Å². The molecule has 0 saturated carbocycles. The van der Waals surface area contributed by atoms with Crippen LogP contribution >= 0.6 is 0 Å². The molecule has 5 nitrogen and oxygen atoms in total. The Balaban J connectivity index is 1.35. The molecular weight excluding hydrogens is 338 g/mol. The first-order chi connectivity index (χ1) is 13.3. The van der Waals surface area contributed by atoms with Gasteiger partial charge in [-0.15, -0.1) is 0 Å². The van der Waals surface area contributed by atoms with Gasteiger partial charge in [0.1, 0.15) is 18.1 Å². The average Bonchev–Trinajstić information content (AvgIpc) is 2.93. The minimum atomic E-state index is 0.677. The van der Waals surface area contributed by atoms with Crippen molar-refractivity contribution in [3.05, 3.63) is 59.4 Å². The predicted molar refractivity (Wildman–Crippen MR) is 107 cm³/mol. The van der Waals surface area contributed by atoms with Gasteiger partial charge in [0.05, 0.1) is 7.11 Å². The lowest BCUT2D eigenvalue weighted by Gasteiger charge is -2.25. The highest BCUT2D eigenvalue weighted by Gasteiger charge is 2.18. The summed E-state index contributed by atoms with van der Waals surface area (Å²) in [6.45, 7) is 7.13. The number of pyridine rings is 1. The van der Waals surface area contributed by atoms with Gasteiger partial charge in [0, 0.05) is 44.1 Å². The molecule has 0 bridgehead atoms. The molecule has 0 unspecified atom stereocenters. The Kier molecular flexibility index (Phi) is 5.70. The maximum absolute atomic E-state index is 5.94. The summed E-state index contributed by atoms with van der Waals surface area (Å²) in [5.41, 5.74) is 3.79. The summed E-state index contributed by atoms with van der Waals surface area (Å²) in [7, 11) is 1.70. The molecule has 3 heterocycles. The van der Waals surface area contributed by atoms with E-state index in [-0.39, 0.29) is 0 Å². The predicted octanol–water partition coefficient (Wildman–Crippen LogP) is 3.07. The molecule has 0 aliphatic carbocycles. The van der Waals surface area contributed by atoms with E-state index in [9.17, 15) is 0 Å². The third-order valence-electron chi connectivity index (χ3n) is 5.25. The number of fused-ring (bicyclic) bond motifs is 1. The Hall–Kier alpha value is -2.37. The first kappa shape index (κ1) is 18.0. The Bertz CT molecular complexity index is 791. The lowest BCUT2D eigenvalue weighted by atomic mass is 10.1. The molecule has 27 heavy (non-hydrogen) atoms. The summed E-state index contributed by atoms with van der Waals surface area (Å²) >= 11 is 0. The lowest BCUT2D eigenvalue weighted by molar-refractivity contribution is 0.253. The first-order valence-electron chi connectivity index (χ1n) is 9.64. The largest absolute Gasteiger partial charge is 0.497 e. The number of rotatable bonds is 5. The number of hydrogen-bond acceptors (Lipinski definition) is 5. The monoisotopic (exact) mass is 365 g/mol. The second-order valence-corrected chi connectivity index (χ2v) is 7.26. The SMILES string of the molecule is COc1ccc2c(c1)C=C(CN1CCCN(Cc3ccncc3)CC1)CO2. The molecule has 0 N–H and O–H groups in total. The minimum Gasteiger partial charge on any atom is -0.497 e. The molecule has 1 saturated heterocycles. The van der Waals surface area contributed by atoms with Crippen LogP contribution < -0.4 is 9.47 Å². The number of benzene rings is 1. The van der Waals surface area contributed by atoms with E-state index in [0.29, 0.717) is 6.61 Å². The Morgan fingerprint density at radius 2 is 1.78 bits per heavy atom. The maximum Gasteiger partial charge on any atom is 0.127 e. The van der Waals surface area contributed by atoms with Gasteiger partial charge in [0.25, 0.3) is 0 Å². The highest BCUT2D eigenvalue weighted by molar-refractivity contribution is 5.64. The van der Waals surface area contributed by atoms with Crippen molar-refractivity contribution in [2.75, 3.05) is 46.4 Å². The van der Waals surface area contributed by atoms with E-state index in [1.54, 1.807) is 7.11 Å². The van der Waals surface area contributed by atoms with Crippen LogP contribution in [0.2, 0.25) is 0 Å². The molecule has 4 rings (SSSR count). The van der Waals surface area contributed by atoms with Gasteiger partial charge >= 0.3 is 0 Å². The topological polar surface area (TPSA) is 37.8 Å². The van der Waals surface area contributed by atoms with Crippen LogP contribution in [-0.2, 0) is 6.54 Å². The molecule has 1 aromatic carbocycles. The summed E-state index contributed by atoms with van der Waals surface area (Å²) in [6.07, 6.45) is 7.22. The normalized spacial score (nSPS) is 18.2. The van der Waals surface area contributed by atoms with Crippen LogP contribution in [0, 0.1) is 0 Å². The van der Waals surface area contributed by atoms with E-state index in [2.05, 4.69) is 33.0 Å². The van der Waals surface area contributed by atoms with Gasteiger partial charge in [-0.1, -0.05) is 0 Å². The van der Waals surface area contributed by atoms with Crippen LogP contribution in [0.4, 0.5) is 0 Å². The molecule has 0 spiro atoms. The average molecular weight is 365 g/mol. The van der Waals surface area contributed by atoms with Gasteiger partial charge in [-0.05, 0) is 67.1 Å². The van der Waals surface area contributed by atoms with Crippen LogP contribution in [-0.4, -0.2) is 61.2 Å². The van der Waals surface area contributed by atoms with E-state index in [0.717, 1.165) is 56.3 Å².